The summed E-state index contributed by atoms with van der Waals surface area (Å²) in [7, 11) is 1.45. The molecule has 20 heavy (non-hydrogen) atoms. The molecule has 0 N–H and O–H groups in total. The molecule has 0 amide bonds. The number of aldehydes is 1. The molecule has 0 aliphatic carbocycles. The first-order valence-corrected chi connectivity index (χ1v) is 5.66. The number of hydrogen-bond donors (Lipinski definition) is 0. The summed E-state index contributed by atoms with van der Waals surface area (Å²) in [5.74, 6) is 0.486. The van der Waals surface area contributed by atoms with Crippen molar-refractivity contribution >= 4 is 6.29 Å². The van der Waals surface area contributed by atoms with Crippen LogP contribution in [0.5, 0.6) is 5.75 Å². The summed E-state index contributed by atoms with van der Waals surface area (Å²) >= 11 is 0. The zero-order valence-corrected chi connectivity index (χ0v) is 10.5. The first-order chi connectivity index (χ1) is 9.44. The van der Waals surface area contributed by atoms with Gasteiger partial charge in [0.1, 0.15) is 12.0 Å². The number of rotatable bonds is 4. The number of halogens is 3. The first kappa shape index (κ1) is 14.1. The fraction of sp³-hybridized carbons (Fsp3) is 0.231. The highest BCUT2D eigenvalue weighted by Gasteiger charge is 2.32. The van der Waals surface area contributed by atoms with Crippen molar-refractivity contribution in [2.45, 2.75) is 12.7 Å². The Balaban J connectivity index is 2.29. The highest BCUT2D eigenvalue weighted by Crippen LogP contribution is 2.29. The van der Waals surface area contributed by atoms with Crippen molar-refractivity contribution < 1.29 is 22.7 Å². The van der Waals surface area contributed by atoms with Crippen LogP contribution in [0.3, 0.4) is 0 Å². The van der Waals surface area contributed by atoms with Gasteiger partial charge < -0.3 is 4.74 Å². The number of carbonyl (C=O) groups excluding carboxylic acids is 1. The van der Waals surface area contributed by atoms with Crippen molar-refractivity contribution in [1.82, 2.24) is 9.78 Å². The molecular formula is C13H11F3N2O2. The van der Waals surface area contributed by atoms with Crippen molar-refractivity contribution in [3.8, 4) is 5.75 Å². The quantitative estimate of drug-likeness (QED) is 0.811. The highest BCUT2D eigenvalue weighted by atomic mass is 19.4. The van der Waals surface area contributed by atoms with Gasteiger partial charge in [-0.1, -0.05) is 0 Å². The Labute approximate surface area is 112 Å². The second kappa shape index (κ2) is 5.36. The van der Waals surface area contributed by atoms with Gasteiger partial charge in [-0.3, -0.25) is 9.48 Å². The number of carbonyl (C=O) groups is 1. The zero-order chi connectivity index (χ0) is 14.8. The molecule has 0 atom stereocenters. The average Bonchev–Trinajstić information content (AvgIpc) is 2.87. The van der Waals surface area contributed by atoms with Crippen molar-refractivity contribution in [2.75, 3.05) is 7.11 Å². The Morgan fingerprint density at radius 1 is 1.40 bits per heavy atom. The second-order valence-electron chi connectivity index (χ2n) is 4.11. The lowest BCUT2D eigenvalue weighted by Gasteiger charge is -2.09. The van der Waals surface area contributed by atoms with Crippen molar-refractivity contribution in [3.63, 3.8) is 0 Å². The van der Waals surface area contributed by atoms with E-state index in [1.54, 1.807) is 18.2 Å². The molecule has 0 radical (unpaired) electrons. The van der Waals surface area contributed by atoms with Gasteiger partial charge in [0.2, 0.25) is 0 Å². The van der Waals surface area contributed by atoms with E-state index in [0.29, 0.717) is 23.2 Å². The standard InChI is InChI=1S/C13H11F3N2O2/c1-20-12-3-2-9(8-19)4-10(12)6-18-7-11(5-17-18)13(14,15)16/h2-5,7-8H,6H2,1H3. The summed E-state index contributed by atoms with van der Waals surface area (Å²) < 4.78 is 43.7. The van der Waals surface area contributed by atoms with Gasteiger partial charge in [-0.25, -0.2) is 0 Å². The van der Waals surface area contributed by atoms with Crippen molar-refractivity contribution in [3.05, 3.63) is 47.3 Å². The van der Waals surface area contributed by atoms with Gasteiger partial charge in [0.15, 0.2) is 0 Å². The Hall–Kier alpha value is -2.31. The van der Waals surface area contributed by atoms with E-state index in [2.05, 4.69) is 5.10 Å². The fourth-order valence-electron chi connectivity index (χ4n) is 1.77. The van der Waals surface area contributed by atoms with Gasteiger partial charge in [-0.05, 0) is 18.2 Å². The van der Waals surface area contributed by atoms with Crippen LogP contribution in [0.4, 0.5) is 13.2 Å². The lowest BCUT2D eigenvalue weighted by molar-refractivity contribution is -0.137. The topological polar surface area (TPSA) is 44.1 Å². The van der Waals surface area contributed by atoms with Crippen molar-refractivity contribution in [1.29, 1.82) is 0 Å². The smallest absolute Gasteiger partial charge is 0.419 e. The lowest BCUT2D eigenvalue weighted by Crippen LogP contribution is -2.05. The zero-order valence-electron chi connectivity index (χ0n) is 10.5. The SMILES string of the molecule is COc1ccc(C=O)cc1Cn1cc(C(F)(F)F)cn1. The predicted octanol–water partition coefficient (Wildman–Crippen LogP) is 2.77. The molecule has 106 valence electrons. The Morgan fingerprint density at radius 2 is 2.15 bits per heavy atom. The molecule has 2 rings (SSSR count). The predicted molar refractivity (Wildman–Crippen MR) is 64.7 cm³/mol. The molecule has 0 aliphatic rings. The molecule has 0 spiro atoms. The molecule has 0 bridgehead atoms. The van der Waals surface area contributed by atoms with Gasteiger partial charge in [0.05, 0.1) is 25.4 Å². The number of ether oxygens (including phenoxy) is 1. The summed E-state index contributed by atoms with van der Waals surface area (Å²) in [6, 6.07) is 4.72. The molecule has 0 saturated carbocycles. The minimum atomic E-state index is -4.42. The number of hydrogen-bond acceptors (Lipinski definition) is 3. The van der Waals surface area contributed by atoms with Crippen LogP contribution in [0.1, 0.15) is 21.5 Å². The van der Waals surface area contributed by atoms with Gasteiger partial charge in [-0.15, -0.1) is 0 Å². The highest BCUT2D eigenvalue weighted by molar-refractivity contribution is 5.75. The van der Waals surface area contributed by atoms with Gasteiger partial charge in [0, 0.05) is 17.3 Å². The van der Waals surface area contributed by atoms with E-state index in [0.717, 1.165) is 17.1 Å². The van der Waals surface area contributed by atoms with E-state index in [4.69, 9.17) is 4.74 Å². The number of nitrogens with zero attached hydrogens (tertiary/aromatic N) is 2. The molecule has 1 heterocycles. The van der Waals surface area contributed by atoms with Gasteiger partial charge in [-0.2, -0.15) is 18.3 Å². The van der Waals surface area contributed by atoms with Crippen molar-refractivity contribution in [2.24, 2.45) is 0 Å². The molecule has 2 aromatic rings. The molecule has 7 heteroatoms. The maximum atomic E-state index is 12.5. The Bertz CT molecular complexity index is 620. The summed E-state index contributed by atoms with van der Waals surface area (Å²) in [5, 5.41) is 3.66. The van der Waals surface area contributed by atoms with Crippen LogP contribution in [0, 0.1) is 0 Å². The Morgan fingerprint density at radius 3 is 2.70 bits per heavy atom. The van der Waals surface area contributed by atoms with Crippen LogP contribution in [0.25, 0.3) is 0 Å². The first-order valence-electron chi connectivity index (χ1n) is 5.66. The lowest BCUT2D eigenvalue weighted by atomic mass is 10.1. The van der Waals surface area contributed by atoms with Gasteiger partial charge >= 0.3 is 6.18 Å². The van der Waals surface area contributed by atoms with Crippen LogP contribution >= 0.6 is 0 Å². The number of methoxy groups -OCH3 is 1. The van der Waals surface area contributed by atoms with E-state index in [1.807, 2.05) is 0 Å². The number of aromatic nitrogens is 2. The molecule has 1 aromatic carbocycles. The molecule has 1 aromatic heterocycles. The van der Waals surface area contributed by atoms with E-state index >= 15 is 0 Å². The maximum absolute atomic E-state index is 12.5. The normalized spacial score (nSPS) is 11.4. The van der Waals surface area contributed by atoms with Gasteiger partial charge in [0.25, 0.3) is 0 Å². The van der Waals surface area contributed by atoms with Crippen LogP contribution in [-0.2, 0) is 12.7 Å². The summed E-state index contributed by atoms with van der Waals surface area (Å²) in [5.41, 5.74) is 0.181. The second-order valence-corrected chi connectivity index (χ2v) is 4.11. The van der Waals surface area contributed by atoms with Crippen LogP contribution in [0.15, 0.2) is 30.6 Å². The molecule has 0 unspecified atom stereocenters. The average molecular weight is 284 g/mol. The molecule has 0 fully saturated rings. The Kier molecular flexibility index (Phi) is 3.78. The van der Waals surface area contributed by atoms with E-state index < -0.39 is 11.7 Å². The number of alkyl halides is 3. The number of benzene rings is 1. The minimum Gasteiger partial charge on any atom is -0.496 e. The van der Waals surface area contributed by atoms with E-state index in [-0.39, 0.29) is 6.54 Å². The summed E-state index contributed by atoms with van der Waals surface area (Å²) in [6.45, 7) is 0.0843. The summed E-state index contributed by atoms with van der Waals surface area (Å²) in [6.07, 6.45) is -2.09. The fourth-order valence-corrected chi connectivity index (χ4v) is 1.77. The van der Waals surface area contributed by atoms with Crippen LogP contribution < -0.4 is 4.74 Å². The largest absolute Gasteiger partial charge is 0.496 e. The maximum Gasteiger partial charge on any atom is 0.419 e. The summed E-state index contributed by atoms with van der Waals surface area (Å²) in [4.78, 5) is 10.7. The van der Waals surface area contributed by atoms with Crippen LogP contribution in [-0.4, -0.2) is 23.2 Å². The molecule has 0 saturated heterocycles. The molecule has 4 nitrogen and oxygen atoms in total. The van der Waals surface area contributed by atoms with E-state index in [1.165, 1.54) is 7.11 Å². The third-order valence-electron chi connectivity index (χ3n) is 2.73. The van der Waals surface area contributed by atoms with Crippen LogP contribution in [0.2, 0.25) is 0 Å². The monoisotopic (exact) mass is 284 g/mol. The third-order valence-corrected chi connectivity index (χ3v) is 2.73. The van der Waals surface area contributed by atoms with E-state index in [9.17, 15) is 18.0 Å². The minimum absolute atomic E-state index is 0.0843. The third kappa shape index (κ3) is 2.98. The molecule has 0 aliphatic heterocycles. The molecular weight excluding hydrogens is 273 g/mol.